The van der Waals surface area contributed by atoms with E-state index in [0.717, 1.165) is 38.6 Å². The van der Waals surface area contributed by atoms with E-state index in [0.29, 0.717) is 6.54 Å². The molecule has 0 bridgehead atoms. The number of nitrogens with one attached hydrogen (secondary N) is 2. The molecule has 0 saturated carbocycles. The summed E-state index contributed by atoms with van der Waals surface area (Å²) in [6, 6.07) is 10.6. The van der Waals surface area contributed by atoms with Gasteiger partial charge in [0, 0.05) is 50.9 Å². The Morgan fingerprint density at radius 1 is 1.35 bits per heavy atom. The molecule has 1 amide bonds. The van der Waals surface area contributed by atoms with Crippen molar-refractivity contribution in [3.63, 3.8) is 0 Å². The van der Waals surface area contributed by atoms with Crippen LogP contribution in [0.5, 0.6) is 0 Å². The van der Waals surface area contributed by atoms with E-state index in [1.807, 2.05) is 36.9 Å². The number of likely N-dealkylation sites (N-methyl/N-ethyl adjacent to an activating group) is 1. The minimum Gasteiger partial charge on any atom is -0.373 e. The first kappa shape index (κ1) is 20.1. The molecule has 1 saturated heterocycles. The normalized spacial score (nSPS) is 17.5. The molecule has 144 valence electrons. The summed E-state index contributed by atoms with van der Waals surface area (Å²) in [5.41, 5.74) is 1.19. The maximum atomic E-state index is 12.1. The van der Waals surface area contributed by atoms with Gasteiger partial charge in [-0.05, 0) is 25.5 Å². The smallest absolute Gasteiger partial charge is 0.225 e. The minimum absolute atomic E-state index is 0.0594. The largest absolute Gasteiger partial charge is 0.373 e. The van der Waals surface area contributed by atoms with E-state index in [1.54, 1.807) is 0 Å². The second kappa shape index (κ2) is 10.0. The molecule has 0 radical (unpaired) electrons. The van der Waals surface area contributed by atoms with Gasteiger partial charge in [0.05, 0.1) is 6.54 Å². The third kappa shape index (κ3) is 5.93. The zero-order valence-corrected chi connectivity index (χ0v) is 16.5. The molecule has 6 heteroatoms. The Balaban J connectivity index is 1.84. The highest BCUT2D eigenvalue weighted by Gasteiger charge is 2.27. The molecule has 0 spiro atoms. The minimum atomic E-state index is 0.0594. The molecule has 0 aliphatic carbocycles. The van der Waals surface area contributed by atoms with Crippen LogP contribution in [0, 0.1) is 5.92 Å². The van der Waals surface area contributed by atoms with Gasteiger partial charge in [0.15, 0.2) is 5.96 Å². The van der Waals surface area contributed by atoms with Crippen LogP contribution in [0.4, 0.5) is 5.69 Å². The number of nitrogens with zero attached hydrogens (tertiary/aromatic N) is 3. The summed E-state index contributed by atoms with van der Waals surface area (Å²) in [4.78, 5) is 21.0. The number of amides is 1. The molecule has 2 rings (SSSR count). The predicted molar refractivity (Wildman–Crippen MR) is 109 cm³/mol. The molecule has 1 atom stereocenters. The zero-order chi connectivity index (χ0) is 18.9. The Bertz CT molecular complexity index is 587. The van der Waals surface area contributed by atoms with Crippen LogP contribution in [0.1, 0.15) is 27.2 Å². The number of likely N-dealkylation sites (tertiary alicyclic amines) is 1. The molecule has 6 nitrogen and oxygen atoms in total. The van der Waals surface area contributed by atoms with Crippen molar-refractivity contribution in [2.75, 3.05) is 44.7 Å². The van der Waals surface area contributed by atoms with Crippen LogP contribution in [-0.2, 0) is 4.79 Å². The van der Waals surface area contributed by atoms with E-state index in [2.05, 4.69) is 41.6 Å². The fourth-order valence-electron chi connectivity index (χ4n) is 3.08. The number of carbonyl (C=O) groups is 1. The number of hydrogen-bond donors (Lipinski definition) is 2. The molecule has 1 fully saturated rings. The molecule has 0 aromatic heterocycles. The van der Waals surface area contributed by atoms with Gasteiger partial charge < -0.3 is 20.4 Å². The SMILES string of the molecule is CCNC(=NCCN(C)c1ccccc1)NC1CCN(C(=O)C(C)C)C1. The molecule has 1 aliphatic rings. The van der Waals surface area contributed by atoms with E-state index in [4.69, 9.17) is 4.99 Å². The first-order valence-corrected chi connectivity index (χ1v) is 9.61. The number of guanidine groups is 1. The highest BCUT2D eigenvalue weighted by atomic mass is 16.2. The van der Waals surface area contributed by atoms with Crippen LogP contribution in [0.15, 0.2) is 35.3 Å². The summed E-state index contributed by atoms with van der Waals surface area (Å²) in [5.74, 6) is 1.13. The number of carbonyl (C=O) groups excluding carboxylic acids is 1. The Labute approximate surface area is 157 Å². The lowest BCUT2D eigenvalue weighted by molar-refractivity contribution is -0.133. The van der Waals surface area contributed by atoms with E-state index < -0.39 is 0 Å². The average molecular weight is 360 g/mol. The number of anilines is 1. The number of hydrogen-bond acceptors (Lipinski definition) is 3. The third-order valence-corrected chi connectivity index (χ3v) is 4.58. The van der Waals surface area contributed by atoms with Crippen molar-refractivity contribution in [3.05, 3.63) is 30.3 Å². The lowest BCUT2D eigenvalue weighted by atomic mass is 10.2. The zero-order valence-electron chi connectivity index (χ0n) is 16.5. The van der Waals surface area contributed by atoms with Crippen molar-refractivity contribution in [1.82, 2.24) is 15.5 Å². The molecule has 1 unspecified atom stereocenters. The van der Waals surface area contributed by atoms with Gasteiger partial charge in [-0.15, -0.1) is 0 Å². The van der Waals surface area contributed by atoms with E-state index in [-0.39, 0.29) is 17.9 Å². The fraction of sp³-hybridized carbons (Fsp3) is 0.600. The van der Waals surface area contributed by atoms with Crippen molar-refractivity contribution in [3.8, 4) is 0 Å². The Kier molecular flexibility index (Phi) is 7.75. The first-order valence-electron chi connectivity index (χ1n) is 9.61. The van der Waals surface area contributed by atoms with Gasteiger partial charge in [0.2, 0.25) is 5.91 Å². The van der Waals surface area contributed by atoms with Gasteiger partial charge in [0.1, 0.15) is 0 Å². The van der Waals surface area contributed by atoms with Gasteiger partial charge >= 0.3 is 0 Å². The molecule has 1 aliphatic heterocycles. The van der Waals surface area contributed by atoms with Crippen molar-refractivity contribution < 1.29 is 4.79 Å². The molecule has 1 aromatic carbocycles. The molecule has 26 heavy (non-hydrogen) atoms. The van der Waals surface area contributed by atoms with Crippen LogP contribution in [0.3, 0.4) is 0 Å². The summed E-state index contributed by atoms with van der Waals surface area (Å²) in [6.07, 6.45) is 0.965. The van der Waals surface area contributed by atoms with Gasteiger partial charge in [-0.1, -0.05) is 32.0 Å². The average Bonchev–Trinajstić information content (AvgIpc) is 3.10. The molecular weight excluding hydrogens is 326 g/mol. The van der Waals surface area contributed by atoms with Crippen LogP contribution in [-0.4, -0.2) is 62.6 Å². The van der Waals surface area contributed by atoms with Gasteiger partial charge in [-0.3, -0.25) is 9.79 Å². The number of benzene rings is 1. The lowest BCUT2D eigenvalue weighted by Gasteiger charge is -2.21. The lowest BCUT2D eigenvalue weighted by Crippen LogP contribution is -2.45. The summed E-state index contributed by atoms with van der Waals surface area (Å²) in [5, 5.41) is 6.79. The van der Waals surface area contributed by atoms with Crippen LogP contribution < -0.4 is 15.5 Å². The summed E-state index contributed by atoms with van der Waals surface area (Å²) in [6.45, 7) is 9.94. The number of rotatable bonds is 7. The number of aliphatic imine (C=N–C) groups is 1. The summed E-state index contributed by atoms with van der Waals surface area (Å²) < 4.78 is 0. The van der Waals surface area contributed by atoms with Crippen molar-refractivity contribution in [2.24, 2.45) is 10.9 Å². The van der Waals surface area contributed by atoms with Gasteiger partial charge in [-0.25, -0.2) is 0 Å². The van der Waals surface area contributed by atoms with Crippen molar-refractivity contribution in [1.29, 1.82) is 0 Å². The van der Waals surface area contributed by atoms with E-state index in [9.17, 15) is 4.79 Å². The monoisotopic (exact) mass is 359 g/mol. The standard InChI is InChI=1S/C20H33N5O/c1-5-21-20(22-12-14-24(4)18-9-7-6-8-10-18)23-17-11-13-25(15-17)19(26)16(2)3/h6-10,16-17H,5,11-15H2,1-4H3,(H2,21,22,23). The number of para-hydroxylation sites is 1. The van der Waals surface area contributed by atoms with Crippen LogP contribution in [0.2, 0.25) is 0 Å². The van der Waals surface area contributed by atoms with Crippen LogP contribution >= 0.6 is 0 Å². The van der Waals surface area contributed by atoms with E-state index >= 15 is 0 Å². The highest BCUT2D eigenvalue weighted by molar-refractivity contribution is 5.81. The third-order valence-electron chi connectivity index (χ3n) is 4.58. The molecule has 1 aromatic rings. The summed E-state index contributed by atoms with van der Waals surface area (Å²) in [7, 11) is 2.08. The van der Waals surface area contributed by atoms with Crippen molar-refractivity contribution >= 4 is 17.6 Å². The molecule has 2 N–H and O–H groups in total. The predicted octanol–water partition coefficient (Wildman–Crippen LogP) is 1.93. The van der Waals surface area contributed by atoms with Crippen molar-refractivity contribution in [2.45, 2.75) is 33.2 Å². The second-order valence-electron chi connectivity index (χ2n) is 7.09. The summed E-state index contributed by atoms with van der Waals surface area (Å²) >= 11 is 0. The van der Waals surface area contributed by atoms with Crippen LogP contribution in [0.25, 0.3) is 0 Å². The Hall–Kier alpha value is -2.24. The topological polar surface area (TPSA) is 60.0 Å². The Morgan fingerprint density at radius 2 is 2.08 bits per heavy atom. The first-order chi connectivity index (χ1) is 12.5. The quantitative estimate of drug-likeness (QED) is 0.577. The van der Waals surface area contributed by atoms with Gasteiger partial charge in [-0.2, -0.15) is 0 Å². The van der Waals surface area contributed by atoms with Gasteiger partial charge in [0.25, 0.3) is 0 Å². The molecular formula is C20H33N5O. The maximum absolute atomic E-state index is 12.1. The van der Waals surface area contributed by atoms with E-state index in [1.165, 1.54) is 5.69 Å². The Morgan fingerprint density at radius 3 is 2.73 bits per heavy atom. The fourth-order valence-corrected chi connectivity index (χ4v) is 3.08. The second-order valence-corrected chi connectivity index (χ2v) is 7.09. The maximum Gasteiger partial charge on any atom is 0.225 e. The molecule has 1 heterocycles. The highest BCUT2D eigenvalue weighted by Crippen LogP contribution is 2.13.